The second-order valence-corrected chi connectivity index (χ2v) is 2.70. The Morgan fingerprint density at radius 3 is 2.71 bits per heavy atom. The number of aliphatic carboxylic acids is 1. The molecule has 1 aromatic rings. The Hall–Kier alpha value is -2.04. The molecule has 1 amide bonds. The number of carboxylic acid groups (broad SMARTS) is 1. The van der Waals surface area contributed by atoms with E-state index in [0.717, 1.165) is 0 Å². The van der Waals surface area contributed by atoms with Gasteiger partial charge in [-0.3, -0.25) is 9.59 Å². The number of carboxylic acids is 1. The van der Waals surface area contributed by atoms with Gasteiger partial charge in [0.25, 0.3) is 5.91 Å². The summed E-state index contributed by atoms with van der Waals surface area (Å²) in [5.41, 5.74) is 6.27. The van der Waals surface area contributed by atoms with Crippen molar-refractivity contribution in [3.8, 4) is 0 Å². The third kappa shape index (κ3) is 2.78. The Labute approximate surface area is 80.5 Å². The first-order chi connectivity index (χ1) is 6.59. The number of carbonyl (C=O) groups is 2. The van der Waals surface area contributed by atoms with E-state index < -0.39 is 18.4 Å². The maximum Gasteiger partial charge on any atom is 0.322 e. The van der Waals surface area contributed by atoms with Gasteiger partial charge in [-0.05, 0) is 18.2 Å². The SMILES string of the molecule is Nc1cccc(C(=O)NCC(=O)O)c1. The van der Waals surface area contributed by atoms with Crippen LogP contribution in [0.3, 0.4) is 0 Å². The van der Waals surface area contributed by atoms with E-state index in [0.29, 0.717) is 11.3 Å². The van der Waals surface area contributed by atoms with Crippen LogP contribution in [0.4, 0.5) is 5.69 Å². The molecular weight excluding hydrogens is 184 g/mol. The summed E-state index contributed by atoms with van der Waals surface area (Å²) < 4.78 is 0. The zero-order valence-corrected chi connectivity index (χ0v) is 7.36. The van der Waals surface area contributed by atoms with E-state index in [2.05, 4.69) is 5.32 Å². The second-order valence-electron chi connectivity index (χ2n) is 2.70. The van der Waals surface area contributed by atoms with Crippen LogP contribution in [0.1, 0.15) is 10.4 Å². The standard InChI is InChI=1S/C9H10N2O3/c10-7-3-1-2-6(4-7)9(14)11-5-8(12)13/h1-4H,5,10H2,(H,11,14)(H,12,13). The molecular formula is C9H10N2O3. The molecule has 0 spiro atoms. The maximum absolute atomic E-state index is 11.3. The number of nitrogens with two attached hydrogens (primary N) is 1. The van der Waals surface area contributed by atoms with E-state index in [1.807, 2.05) is 0 Å². The number of anilines is 1. The quantitative estimate of drug-likeness (QED) is 0.594. The summed E-state index contributed by atoms with van der Waals surface area (Å²) in [6.07, 6.45) is 0. The van der Waals surface area contributed by atoms with Gasteiger partial charge in [0.05, 0.1) is 0 Å². The molecule has 14 heavy (non-hydrogen) atoms. The monoisotopic (exact) mass is 194 g/mol. The first kappa shape index (κ1) is 10.0. The highest BCUT2D eigenvalue weighted by Crippen LogP contribution is 2.05. The normalized spacial score (nSPS) is 9.43. The van der Waals surface area contributed by atoms with Gasteiger partial charge in [0.15, 0.2) is 0 Å². The highest BCUT2D eigenvalue weighted by Gasteiger charge is 2.06. The van der Waals surface area contributed by atoms with Crippen LogP contribution in [0.2, 0.25) is 0 Å². The molecule has 0 aliphatic heterocycles. The van der Waals surface area contributed by atoms with Crippen LogP contribution in [0.5, 0.6) is 0 Å². The number of rotatable bonds is 3. The molecule has 0 aliphatic carbocycles. The lowest BCUT2D eigenvalue weighted by Gasteiger charge is -2.02. The average molecular weight is 194 g/mol. The average Bonchev–Trinajstić information content (AvgIpc) is 2.14. The van der Waals surface area contributed by atoms with E-state index in [-0.39, 0.29) is 0 Å². The summed E-state index contributed by atoms with van der Waals surface area (Å²) in [4.78, 5) is 21.4. The Bertz CT molecular complexity index is 363. The number of amides is 1. The van der Waals surface area contributed by atoms with Crippen molar-refractivity contribution in [3.63, 3.8) is 0 Å². The summed E-state index contributed by atoms with van der Waals surface area (Å²) in [7, 11) is 0. The molecule has 74 valence electrons. The minimum atomic E-state index is -1.08. The number of nitrogens with one attached hydrogen (secondary N) is 1. The van der Waals surface area contributed by atoms with Gasteiger partial charge in [-0.25, -0.2) is 0 Å². The minimum absolute atomic E-state index is 0.353. The van der Waals surface area contributed by atoms with Gasteiger partial charge in [-0.15, -0.1) is 0 Å². The smallest absolute Gasteiger partial charge is 0.322 e. The van der Waals surface area contributed by atoms with Crippen molar-refractivity contribution in [2.75, 3.05) is 12.3 Å². The molecule has 0 saturated carbocycles. The van der Waals surface area contributed by atoms with Gasteiger partial charge in [0, 0.05) is 11.3 Å². The second kappa shape index (κ2) is 4.27. The van der Waals surface area contributed by atoms with E-state index >= 15 is 0 Å². The van der Waals surface area contributed by atoms with E-state index in [9.17, 15) is 9.59 Å². The molecule has 0 unspecified atom stereocenters. The maximum atomic E-state index is 11.3. The third-order valence-corrected chi connectivity index (χ3v) is 1.55. The fraction of sp³-hybridized carbons (Fsp3) is 0.111. The first-order valence-corrected chi connectivity index (χ1v) is 3.95. The van der Waals surface area contributed by atoms with Crippen LogP contribution < -0.4 is 11.1 Å². The predicted molar refractivity (Wildman–Crippen MR) is 50.8 cm³/mol. The molecule has 0 saturated heterocycles. The number of hydrogen-bond acceptors (Lipinski definition) is 3. The Morgan fingerprint density at radius 1 is 1.43 bits per heavy atom. The third-order valence-electron chi connectivity index (χ3n) is 1.55. The molecule has 1 aromatic carbocycles. The molecule has 1 rings (SSSR count). The molecule has 5 nitrogen and oxygen atoms in total. The topological polar surface area (TPSA) is 92.4 Å². The summed E-state index contributed by atoms with van der Waals surface area (Å²) in [5.74, 6) is -1.53. The van der Waals surface area contributed by atoms with Gasteiger partial charge in [0.2, 0.25) is 0 Å². The minimum Gasteiger partial charge on any atom is -0.480 e. The lowest BCUT2D eigenvalue weighted by Crippen LogP contribution is -2.29. The Kier molecular flexibility index (Phi) is 3.06. The zero-order valence-electron chi connectivity index (χ0n) is 7.36. The number of hydrogen-bond donors (Lipinski definition) is 3. The first-order valence-electron chi connectivity index (χ1n) is 3.95. The molecule has 0 fully saturated rings. The number of nitrogen functional groups attached to an aromatic ring is 1. The lowest BCUT2D eigenvalue weighted by molar-refractivity contribution is -0.135. The summed E-state index contributed by atoms with van der Waals surface area (Å²) in [6, 6.07) is 6.32. The molecule has 0 aliphatic rings. The largest absolute Gasteiger partial charge is 0.480 e. The Balaban J connectivity index is 2.65. The van der Waals surface area contributed by atoms with E-state index in [4.69, 9.17) is 10.8 Å². The van der Waals surface area contributed by atoms with Gasteiger partial charge in [-0.1, -0.05) is 6.07 Å². The van der Waals surface area contributed by atoms with Gasteiger partial charge in [-0.2, -0.15) is 0 Å². The molecule has 4 N–H and O–H groups in total. The molecule has 0 bridgehead atoms. The van der Waals surface area contributed by atoms with Crippen molar-refractivity contribution in [1.82, 2.24) is 5.32 Å². The van der Waals surface area contributed by atoms with Crippen LogP contribution in [0, 0.1) is 0 Å². The highest BCUT2D eigenvalue weighted by molar-refractivity contribution is 5.96. The van der Waals surface area contributed by atoms with Gasteiger partial charge < -0.3 is 16.2 Å². The van der Waals surface area contributed by atoms with Crippen molar-refractivity contribution >= 4 is 17.6 Å². The van der Waals surface area contributed by atoms with E-state index in [1.54, 1.807) is 18.2 Å². The van der Waals surface area contributed by atoms with Gasteiger partial charge >= 0.3 is 5.97 Å². The van der Waals surface area contributed by atoms with E-state index in [1.165, 1.54) is 6.07 Å². The number of benzene rings is 1. The van der Waals surface area contributed by atoms with Crippen LogP contribution in [0.15, 0.2) is 24.3 Å². The number of carbonyl (C=O) groups excluding carboxylic acids is 1. The van der Waals surface area contributed by atoms with Crippen molar-refractivity contribution in [2.24, 2.45) is 0 Å². The fourth-order valence-electron chi connectivity index (χ4n) is 0.938. The molecule has 0 atom stereocenters. The van der Waals surface area contributed by atoms with Crippen LogP contribution >= 0.6 is 0 Å². The summed E-state index contributed by atoms with van der Waals surface area (Å²) >= 11 is 0. The Morgan fingerprint density at radius 2 is 2.14 bits per heavy atom. The molecule has 0 radical (unpaired) electrons. The van der Waals surface area contributed by atoms with Crippen molar-refractivity contribution in [1.29, 1.82) is 0 Å². The lowest BCUT2D eigenvalue weighted by atomic mass is 10.2. The predicted octanol–water partition coefficient (Wildman–Crippen LogP) is 0.0832. The summed E-state index contributed by atoms with van der Waals surface area (Å²) in [5, 5.41) is 10.6. The molecule has 5 heteroatoms. The van der Waals surface area contributed by atoms with Crippen molar-refractivity contribution < 1.29 is 14.7 Å². The van der Waals surface area contributed by atoms with Crippen LogP contribution in [-0.4, -0.2) is 23.5 Å². The molecule has 0 heterocycles. The fourth-order valence-corrected chi connectivity index (χ4v) is 0.938. The highest BCUT2D eigenvalue weighted by atomic mass is 16.4. The van der Waals surface area contributed by atoms with Crippen LogP contribution in [0.25, 0.3) is 0 Å². The summed E-state index contributed by atoms with van der Waals surface area (Å²) in [6.45, 7) is -0.395. The van der Waals surface area contributed by atoms with Crippen molar-refractivity contribution in [3.05, 3.63) is 29.8 Å². The van der Waals surface area contributed by atoms with Crippen molar-refractivity contribution in [2.45, 2.75) is 0 Å². The molecule has 0 aromatic heterocycles. The zero-order chi connectivity index (χ0) is 10.6. The van der Waals surface area contributed by atoms with Gasteiger partial charge in [0.1, 0.15) is 6.54 Å². The van der Waals surface area contributed by atoms with Crippen LogP contribution in [-0.2, 0) is 4.79 Å².